The van der Waals surface area contributed by atoms with Crippen molar-refractivity contribution < 1.29 is 19.6 Å². The maximum Gasteiger partial charge on any atom is 0.295 e. The number of aliphatic hydroxyl groups excluding tert-OH is 1. The van der Waals surface area contributed by atoms with Crippen LogP contribution in [0.3, 0.4) is 0 Å². The number of aryl methyl sites for hydroxylation is 1. The number of nitro groups is 1. The number of aliphatic hydroxyl groups is 1. The molecule has 7 nitrogen and oxygen atoms in total. The van der Waals surface area contributed by atoms with Crippen molar-refractivity contribution in [3.8, 4) is 0 Å². The first-order valence-electron chi connectivity index (χ1n) is 10.0. The number of non-ortho nitro benzene ring substituents is 1. The second-order valence-electron chi connectivity index (χ2n) is 7.63. The Morgan fingerprint density at radius 3 is 2.34 bits per heavy atom. The minimum atomic E-state index is -0.962. The first-order valence-corrected chi connectivity index (χ1v) is 10.0. The first-order chi connectivity index (χ1) is 15.4. The number of hydrogen-bond acceptors (Lipinski definition) is 5. The minimum absolute atomic E-state index is 0.0877. The van der Waals surface area contributed by atoms with Gasteiger partial charge in [-0.05, 0) is 18.1 Å². The Hall–Kier alpha value is -4.26. The fourth-order valence-electron chi connectivity index (χ4n) is 3.85. The van der Waals surface area contributed by atoms with Crippen LogP contribution in [0.5, 0.6) is 0 Å². The molecule has 1 amide bonds. The molecule has 1 unspecified atom stereocenters. The van der Waals surface area contributed by atoms with Crippen LogP contribution in [0.15, 0.2) is 84.4 Å². The summed E-state index contributed by atoms with van der Waals surface area (Å²) in [6.45, 7) is 2.01. The third-order valence-corrected chi connectivity index (χ3v) is 5.46. The molecule has 1 aliphatic rings. The molecule has 1 atom stereocenters. The largest absolute Gasteiger partial charge is 0.507 e. The molecule has 1 fully saturated rings. The molecule has 1 N–H and O–H groups in total. The number of nitrogens with zero attached hydrogens (tertiary/aromatic N) is 2. The number of amides is 1. The van der Waals surface area contributed by atoms with Crippen LogP contribution in [0.4, 0.5) is 5.69 Å². The van der Waals surface area contributed by atoms with Gasteiger partial charge in [-0.3, -0.25) is 19.7 Å². The highest BCUT2D eigenvalue weighted by Gasteiger charge is 2.46. The van der Waals surface area contributed by atoms with Crippen molar-refractivity contribution in [1.29, 1.82) is 0 Å². The highest BCUT2D eigenvalue weighted by molar-refractivity contribution is 6.46. The summed E-state index contributed by atoms with van der Waals surface area (Å²) in [5, 5.41) is 22.4. The van der Waals surface area contributed by atoms with E-state index in [0.29, 0.717) is 11.1 Å². The van der Waals surface area contributed by atoms with Gasteiger partial charge in [0.1, 0.15) is 5.76 Å². The molecule has 3 aromatic carbocycles. The van der Waals surface area contributed by atoms with Gasteiger partial charge in [0.25, 0.3) is 17.4 Å². The molecule has 0 saturated carbocycles. The van der Waals surface area contributed by atoms with Crippen molar-refractivity contribution in [3.05, 3.63) is 117 Å². The molecular formula is C25H20N2O5. The van der Waals surface area contributed by atoms with Gasteiger partial charge in [-0.25, -0.2) is 0 Å². The number of rotatable bonds is 5. The summed E-state index contributed by atoms with van der Waals surface area (Å²) in [7, 11) is 0. The number of likely N-dealkylation sites (tertiary alicyclic amines) is 1. The topological polar surface area (TPSA) is 101 Å². The molecule has 160 valence electrons. The fraction of sp³-hybridized carbons (Fsp3) is 0.120. The molecule has 1 saturated heterocycles. The third-order valence-electron chi connectivity index (χ3n) is 5.46. The Morgan fingerprint density at radius 2 is 1.69 bits per heavy atom. The zero-order chi connectivity index (χ0) is 22.8. The minimum Gasteiger partial charge on any atom is -0.507 e. The van der Waals surface area contributed by atoms with Crippen LogP contribution >= 0.6 is 0 Å². The van der Waals surface area contributed by atoms with E-state index in [0.717, 1.165) is 11.1 Å². The van der Waals surface area contributed by atoms with E-state index in [1.807, 2.05) is 37.3 Å². The maximum atomic E-state index is 13.0. The molecule has 32 heavy (non-hydrogen) atoms. The van der Waals surface area contributed by atoms with E-state index >= 15 is 0 Å². The van der Waals surface area contributed by atoms with Crippen molar-refractivity contribution in [3.63, 3.8) is 0 Å². The molecule has 0 spiro atoms. The Balaban J connectivity index is 1.89. The van der Waals surface area contributed by atoms with Crippen LogP contribution in [0.2, 0.25) is 0 Å². The Labute approximate surface area is 184 Å². The normalized spacial score (nSPS) is 17.5. The predicted octanol–water partition coefficient (Wildman–Crippen LogP) is 4.53. The summed E-state index contributed by atoms with van der Waals surface area (Å²) < 4.78 is 0. The molecule has 0 radical (unpaired) electrons. The van der Waals surface area contributed by atoms with E-state index in [1.165, 1.54) is 23.1 Å². The Bertz CT molecular complexity index is 1230. The second-order valence-corrected chi connectivity index (χ2v) is 7.63. The van der Waals surface area contributed by atoms with Crippen LogP contribution in [0, 0.1) is 17.0 Å². The van der Waals surface area contributed by atoms with Gasteiger partial charge >= 0.3 is 0 Å². The highest BCUT2D eigenvalue weighted by atomic mass is 16.6. The lowest BCUT2D eigenvalue weighted by Gasteiger charge is -2.25. The van der Waals surface area contributed by atoms with E-state index in [-0.39, 0.29) is 23.6 Å². The van der Waals surface area contributed by atoms with Gasteiger partial charge in [0.15, 0.2) is 0 Å². The van der Waals surface area contributed by atoms with Crippen molar-refractivity contribution in [2.45, 2.75) is 19.5 Å². The van der Waals surface area contributed by atoms with Crippen LogP contribution in [0.25, 0.3) is 5.76 Å². The van der Waals surface area contributed by atoms with Gasteiger partial charge in [-0.15, -0.1) is 0 Å². The SMILES string of the molecule is Cc1ccc(/C(O)=C2\C(=O)C(=O)N(Cc3ccccc3)C2c2cccc([N+](=O)[O-])c2)cc1. The predicted molar refractivity (Wildman–Crippen MR) is 119 cm³/mol. The van der Waals surface area contributed by atoms with Crippen LogP contribution in [-0.2, 0) is 16.1 Å². The molecule has 1 heterocycles. The number of benzene rings is 3. The van der Waals surface area contributed by atoms with E-state index in [2.05, 4.69) is 0 Å². The quantitative estimate of drug-likeness (QED) is 0.212. The molecule has 1 aliphatic heterocycles. The van der Waals surface area contributed by atoms with E-state index in [4.69, 9.17) is 0 Å². The molecule has 0 bridgehead atoms. The lowest BCUT2D eigenvalue weighted by atomic mass is 9.94. The molecule has 7 heteroatoms. The molecular weight excluding hydrogens is 408 g/mol. The standard InChI is InChI=1S/C25H20N2O5/c1-16-10-12-18(13-11-16)23(28)21-22(19-8-5-9-20(14-19)27(31)32)26(25(30)24(21)29)15-17-6-3-2-4-7-17/h2-14,22,28H,15H2,1H3/b23-21+. The van der Waals surface area contributed by atoms with Gasteiger partial charge in [0.05, 0.1) is 16.5 Å². The average molecular weight is 428 g/mol. The third kappa shape index (κ3) is 3.88. The van der Waals surface area contributed by atoms with Gasteiger partial charge in [0, 0.05) is 24.2 Å². The number of Topliss-reactive ketones (excluding diaryl/α,β-unsaturated/α-hetero) is 1. The number of ketones is 1. The van der Waals surface area contributed by atoms with Crippen LogP contribution < -0.4 is 0 Å². The van der Waals surface area contributed by atoms with Crippen LogP contribution in [-0.4, -0.2) is 26.6 Å². The van der Waals surface area contributed by atoms with Gasteiger partial charge in [-0.1, -0.05) is 72.3 Å². The highest BCUT2D eigenvalue weighted by Crippen LogP contribution is 2.41. The monoisotopic (exact) mass is 428 g/mol. The maximum absolute atomic E-state index is 13.0. The smallest absolute Gasteiger partial charge is 0.295 e. The molecule has 0 aromatic heterocycles. The molecule has 3 aromatic rings. The average Bonchev–Trinajstić information content (AvgIpc) is 3.05. The number of hydrogen-bond donors (Lipinski definition) is 1. The van der Waals surface area contributed by atoms with Crippen molar-refractivity contribution in [2.75, 3.05) is 0 Å². The summed E-state index contributed by atoms with van der Waals surface area (Å²) in [5.74, 6) is -1.90. The Morgan fingerprint density at radius 1 is 1.00 bits per heavy atom. The van der Waals surface area contributed by atoms with Crippen molar-refractivity contribution in [2.24, 2.45) is 0 Å². The zero-order valence-corrected chi connectivity index (χ0v) is 17.3. The van der Waals surface area contributed by atoms with Gasteiger partial charge in [0.2, 0.25) is 0 Å². The van der Waals surface area contributed by atoms with Crippen molar-refractivity contribution in [1.82, 2.24) is 4.90 Å². The Kier molecular flexibility index (Phi) is 5.55. The summed E-state index contributed by atoms with van der Waals surface area (Å²) in [4.78, 5) is 38.2. The lowest BCUT2D eigenvalue weighted by molar-refractivity contribution is -0.384. The lowest BCUT2D eigenvalue weighted by Crippen LogP contribution is -2.29. The van der Waals surface area contributed by atoms with E-state index < -0.39 is 22.7 Å². The van der Waals surface area contributed by atoms with Crippen LogP contribution in [0.1, 0.15) is 28.3 Å². The molecule has 4 rings (SSSR count). The van der Waals surface area contributed by atoms with Gasteiger partial charge < -0.3 is 10.0 Å². The van der Waals surface area contributed by atoms with Gasteiger partial charge in [-0.2, -0.15) is 0 Å². The number of carbonyl (C=O) groups excluding carboxylic acids is 2. The molecule has 0 aliphatic carbocycles. The summed E-state index contributed by atoms with van der Waals surface area (Å²) in [6.07, 6.45) is 0. The summed E-state index contributed by atoms with van der Waals surface area (Å²) in [5.41, 5.74) is 2.28. The van der Waals surface area contributed by atoms with Crippen molar-refractivity contribution >= 4 is 23.1 Å². The second kappa shape index (κ2) is 8.47. The number of nitro benzene ring substituents is 1. The zero-order valence-electron chi connectivity index (χ0n) is 17.3. The van der Waals surface area contributed by atoms with E-state index in [9.17, 15) is 24.8 Å². The number of carbonyl (C=O) groups is 2. The summed E-state index contributed by atoms with van der Waals surface area (Å²) >= 11 is 0. The summed E-state index contributed by atoms with van der Waals surface area (Å²) in [6, 6.07) is 20.9. The fourth-order valence-corrected chi connectivity index (χ4v) is 3.85. The van der Waals surface area contributed by atoms with E-state index in [1.54, 1.807) is 30.3 Å². The first kappa shape index (κ1) is 21.0.